The number of likely N-dealkylation sites (tertiary alicyclic amines) is 1. The summed E-state index contributed by atoms with van der Waals surface area (Å²) >= 11 is 0. The summed E-state index contributed by atoms with van der Waals surface area (Å²) in [6, 6.07) is 18.9. The van der Waals surface area contributed by atoms with E-state index >= 15 is 0 Å². The molecule has 0 bridgehead atoms. The molecule has 2 amide bonds. The molecule has 0 atom stereocenters. The second-order valence-corrected chi connectivity index (χ2v) is 6.72. The van der Waals surface area contributed by atoms with Crippen LogP contribution >= 0.6 is 0 Å². The zero-order valence-corrected chi connectivity index (χ0v) is 15.9. The van der Waals surface area contributed by atoms with E-state index in [0.29, 0.717) is 39.1 Å². The Morgan fingerprint density at radius 1 is 0.929 bits per heavy atom. The Hall–Kier alpha value is -2.86. The van der Waals surface area contributed by atoms with Gasteiger partial charge in [0.25, 0.3) is 0 Å². The molecule has 1 saturated heterocycles. The summed E-state index contributed by atoms with van der Waals surface area (Å²) in [5.41, 5.74) is 0.803. The summed E-state index contributed by atoms with van der Waals surface area (Å²) in [6.07, 6.45) is 1.34. The number of hydrogen-bond donors (Lipinski definition) is 1. The highest BCUT2D eigenvalue weighted by molar-refractivity contribution is 5.92. The molecule has 0 radical (unpaired) electrons. The summed E-state index contributed by atoms with van der Waals surface area (Å²) in [7, 11) is 0. The molecule has 2 aromatic carbocycles. The van der Waals surface area contributed by atoms with E-state index in [1.807, 2.05) is 60.7 Å². The van der Waals surface area contributed by atoms with Gasteiger partial charge in [0.2, 0.25) is 11.8 Å². The van der Waals surface area contributed by atoms with Crippen LogP contribution in [0.1, 0.15) is 12.8 Å². The topological polar surface area (TPSA) is 67.9 Å². The number of nitrogens with one attached hydrogen (secondary N) is 1. The van der Waals surface area contributed by atoms with Gasteiger partial charge in [-0.2, -0.15) is 0 Å². The number of para-hydroxylation sites is 2. The molecule has 28 heavy (non-hydrogen) atoms. The van der Waals surface area contributed by atoms with Crippen molar-refractivity contribution in [1.29, 1.82) is 0 Å². The monoisotopic (exact) mass is 382 g/mol. The minimum atomic E-state index is -0.0653. The summed E-state index contributed by atoms with van der Waals surface area (Å²) in [5.74, 6) is 0.701. The fourth-order valence-corrected chi connectivity index (χ4v) is 3.14. The molecule has 0 saturated carbocycles. The molecule has 2 aromatic rings. The SMILES string of the molecule is O=C(Nc1ccccc1)C1CCN(C(=O)COCCOc2ccccc2)CC1. The number of ether oxygens (including phenoxy) is 2. The van der Waals surface area contributed by atoms with Crippen molar-refractivity contribution < 1.29 is 19.1 Å². The molecular weight excluding hydrogens is 356 g/mol. The van der Waals surface area contributed by atoms with Gasteiger partial charge in [-0.05, 0) is 37.1 Å². The lowest BCUT2D eigenvalue weighted by Crippen LogP contribution is -2.43. The minimum Gasteiger partial charge on any atom is -0.491 e. The van der Waals surface area contributed by atoms with Gasteiger partial charge in [0.15, 0.2) is 0 Å². The van der Waals surface area contributed by atoms with Crippen LogP contribution in [0.4, 0.5) is 5.69 Å². The Balaban J connectivity index is 1.30. The molecule has 1 N–H and O–H groups in total. The molecular formula is C22H26N2O4. The van der Waals surface area contributed by atoms with Crippen LogP contribution in [0.15, 0.2) is 60.7 Å². The Bertz CT molecular complexity index is 744. The Labute approximate surface area is 165 Å². The lowest BCUT2D eigenvalue weighted by atomic mass is 9.95. The zero-order chi connectivity index (χ0) is 19.6. The number of carbonyl (C=O) groups is 2. The summed E-state index contributed by atoms with van der Waals surface area (Å²) in [5, 5.41) is 2.94. The van der Waals surface area contributed by atoms with Crippen LogP contribution in [-0.4, -0.2) is 49.6 Å². The molecule has 0 spiro atoms. The van der Waals surface area contributed by atoms with Crippen molar-refractivity contribution in [3.63, 3.8) is 0 Å². The first-order valence-corrected chi connectivity index (χ1v) is 9.61. The van der Waals surface area contributed by atoms with E-state index in [0.717, 1.165) is 11.4 Å². The highest BCUT2D eigenvalue weighted by atomic mass is 16.5. The standard InChI is InChI=1S/C22H26N2O4/c25-21(17-27-15-16-28-20-9-5-2-6-10-20)24-13-11-18(12-14-24)22(26)23-19-7-3-1-4-8-19/h1-10,18H,11-17H2,(H,23,26). The van der Waals surface area contributed by atoms with Gasteiger partial charge in [-0.25, -0.2) is 0 Å². The van der Waals surface area contributed by atoms with Gasteiger partial charge in [-0.1, -0.05) is 36.4 Å². The van der Waals surface area contributed by atoms with Crippen LogP contribution in [0.5, 0.6) is 5.75 Å². The highest BCUT2D eigenvalue weighted by Crippen LogP contribution is 2.19. The first-order valence-electron chi connectivity index (χ1n) is 9.61. The number of anilines is 1. The summed E-state index contributed by atoms with van der Waals surface area (Å²) in [6.45, 7) is 1.96. The third-order valence-corrected chi connectivity index (χ3v) is 4.72. The largest absolute Gasteiger partial charge is 0.491 e. The van der Waals surface area contributed by atoms with Crippen molar-refractivity contribution in [2.24, 2.45) is 5.92 Å². The van der Waals surface area contributed by atoms with Crippen LogP contribution in [0, 0.1) is 5.92 Å². The third-order valence-electron chi connectivity index (χ3n) is 4.72. The van der Waals surface area contributed by atoms with Gasteiger partial charge in [-0.3, -0.25) is 9.59 Å². The summed E-state index contributed by atoms with van der Waals surface area (Å²) in [4.78, 5) is 26.4. The fourth-order valence-electron chi connectivity index (χ4n) is 3.14. The van der Waals surface area contributed by atoms with E-state index in [9.17, 15) is 9.59 Å². The lowest BCUT2D eigenvalue weighted by molar-refractivity contribution is -0.139. The number of rotatable bonds is 8. The number of carbonyl (C=O) groups excluding carboxylic acids is 2. The highest BCUT2D eigenvalue weighted by Gasteiger charge is 2.27. The van der Waals surface area contributed by atoms with Crippen LogP contribution < -0.4 is 10.1 Å². The van der Waals surface area contributed by atoms with Crippen molar-refractivity contribution in [3.05, 3.63) is 60.7 Å². The second-order valence-electron chi connectivity index (χ2n) is 6.72. The van der Waals surface area contributed by atoms with E-state index in [1.165, 1.54) is 0 Å². The van der Waals surface area contributed by atoms with Crippen LogP contribution in [0.25, 0.3) is 0 Å². The number of benzene rings is 2. The van der Waals surface area contributed by atoms with Gasteiger partial charge < -0.3 is 19.7 Å². The first kappa shape index (κ1) is 19.9. The Morgan fingerprint density at radius 3 is 2.25 bits per heavy atom. The first-order chi connectivity index (χ1) is 13.7. The fraction of sp³-hybridized carbons (Fsp3) is 0.364. The van der Waals surface area contributed by atoms with Crippen molar-refractivity contribution in [2.45, 2.75) is 12.8 Å². The number of piperidine rings is 1. The van der Waals surface area contributed by atoms with Crippen molar-refractivity contribution in [1.82, 2.24) is 4.90 Å². The normalized spacial score (nSPS) is 14.5. The smallest absolute Gasteiger partial charge is 0.248 e. The minimum absolute atomic E-state index is 0.0209. The van der Waals surface area contributed by atoms with Gasteiger partial charge in [0.05, 0.1) is 6.61 Å². The third kappa shape index (κ3) is 6.09. The van der Waals surface area contributed by atoms with Crippen LogP contribution in [0.2, 0.25) is 0 Å². The molecule has 1 aliphatic rings. The zero-order valence-electron chi connectivity index (χ0n) is 15.9. The number of nitrogens with zero attached hydrogens (tertiary/aromatic N) is 1. The molecule has 0 unspecified atom stereocenters. The van der Waals surface area contributed by atoms with Gasteiger partial charge in [-0.15, -0.1) is 0 Å². The maximum absolute atomic E-state index is 12.4. The van der Waals surface area contributed by atoms with Crippen LogP contribution in [-0.2, 0) is 14.3 Å². The quantitative estimate of drug-likeness (QED) is 0.713. The lowest BCUT2D eigenvalue weighted by Gasteiger charge is -2.31. The average Bonchev–Trinajstić information content (AvgIpc) is 2.75. The molecule has 6 heteroatoms. The predicted molar refractivity (Wildman–Crippen MR) is 107 cm³/mol. The van der Waals surface area contributed by atoms with E-state index in [1.54, 1.807) is 4.90 Å². The van der Waals surface area contributed by atoms with Crippen molar-refractivity contribution in [3.8, 4) is 5.75 Å². The molecule has 1 fully saturated rings. The number of hydrogen-bond acceptors (Lipinski definition) is 4. The van der Waals surface area contributed by atoms with Gasteiger partial charge in [0.1, 0.15) is 19.0 Å². The molecule has 0 aromatic heterocycles. The van der Waals surface area contributed by atoms with E-state index < -0.39 is 0 Å². The maximum atomic E-state index is 12.4. The molecule has 3 rings (SSSR count). The summed E-state index contributed by atoms with van der Waals surface area (Å²) < 4.78 is 11.0. The van der Waals surface area contributed by atoms with E-state index in [2.05, 4.69) is 5.32 Å². The van der Waals surface area contributed by atoms with Gasteiger partial charge >= 0.3 is 0 Å². The van der Waals surface area contributed by atoms with Gasteiger partial charge in [0, 0.05) is 24.7 Å². The Kier molecular flexibility index (Phi) is 7.44. The van der Waals surface area contributed by atoms with Crippen molar-refractivity contribution in [2.75, 3.05) is 38.2 Å². The average molecular weight is 382 g/mol. The molecule has 1 aliphatic heterocycles. The molecule has 148 valence electrons. The Morgan fingerprint density at radius 2 is 1.57 bits per heavy atom. The number of amides is 2. The van der Waals surface area contributed by atoms with E-state index in [-0.39, 0.29) is 24.3 Å². The van der Waals surface area contributed by atoms with E-state index in [4.69, 9.17) is 9.47 Å². The predicted octanol–water partition coefficient (Wildman–Crippen LogP) is 2.96. The van der Waals surface area contributed by atoms with Crippen molar-refractivity contribution >= 4 is 17.5 Å². The molecule has 6 nitrogen and oxygen atoms in total. The molecule has 0 aliphatic carbocycles. The maximum Gasteiger partial charge on any atom is 0.248 e. The second kappa shape index (κ2) is 10.5. The van der Waals surface area contributed by atoms with Crippen LogP contribution in [0.3, 0.4) is 0 Å². The molecule has 1 heterocycles.